The van der Waals surface area contributed by atoms with Gasteiger partial charge in [0.2, 0.25) is 5.91 Å². The Kier molecular flexibility index (Phi) is 6.73. The molecule has 2 rings (SSSR count). The van der Waals surface area contributed by atoms with Crippen LogP contribution in [0.1, 0.15) is 42.1 Å². The predicted molar refractivity (Wildman–Crippen MR) is 99.9 cm³/mol. The molecule has 4 nitrogen and oxygen atoms in total. The highest BCUT2D eigenvalue weighted by Gasteiger charge is 2.12. The number of rotatable bonds is 7. The van der Waals surface area contributed by atoms with E-state index in [0.29, 0.717) is 18.7 Å². The van der Waals surface area contributed by atoms with Crippen LogP contribution in [0, 0.1) is 11.3 Å². The highest BCUT2D eigenvalue weighted by Crippen LogP contribution is 2.14. The van der Waals surface area contributed by atoms with Gasteiger partial charge in [0.05, 0.1) is 24.2 Å². The Bertz CT molecular complexity index is 729. The fraction of sp³-hybridized carbons (Fsp3) is 0.333. The molecule has 0 aliphatic carbocycles. The summed E-state index contributed by atoms with van der Waals surface area (Å²) in [5.41, 5.74) is 4.13. The number of aryl methyl sites for hydroxylation is 1. The lowest BCUT2D eigenvalue weighted by atomic mass is 10.1. The summed E-state index contributed by atoms with van der Waals surface area (Å²) < 4.78 is 0. The molecule has 0 aromatic heterocycles. The molecular formula is C21H25N3O. The van der Waals surface area contributed by atoms with Crippen molar-refractivity contribution in [2.45, 2.75) is 32.9 Å². The fourth-order valence-electron chi connectivity index (χ4n) is 2.71. The lowest BCUT2D eigenvalue weighted by molar-refractivity contribution is -0.122. The topological polar surface area (TPSA) is 56.1 Å². The van der Waals surface area contributed by atoms with Crippen molar-refractivity contribution >= 4 is 5.91 Å². The van der Waals surface area contributed by atoms with Gasteiger partial charge in [-0.25, -0.2) is 0 Å². The maximum atomic E-state index is 12.3. The standard InChI is InChI=1S/C21H25N3O/c1-4-17-9-11-20(12-10-17)16(2)23-21(25)15-24(3)14-19-7-5-18(13-22)6-8-19/h5-12,16H,4,14-15H2,1-3H3,(H,23,25). The first-order chi connectivity index (χ1) is 12.0. The van der Waals surface area contributed by atoms with Crippen LogP contribution >= 0.6 is 0 Å². The lowest BCUT2D eigenvalue weighted by Gasteiger charge is -2.19. The van der Waals surface area contributed by atoms with Crippen LogP contribution in [-0.2, 0) is 17.8 Å². The third kappa shape index (κ3) is 5.74. The molecular weight excluding hydrogens is 310 g/mol. The number of nitrogens with zero attached hydrogens (tertiary/aromatic N) is 2. The minimum Gasteiger partial charge on any atom is -0.348 e. The van der Waals surface area contributed by atoms with Crippen molar-refractivity contribution in [1.82, 2.24) is 10.2 Å². The third-order valence-corrected chi connectivity index (χ3v) is 4.21. The van der Waals surface area contributed by atoms with Crippen LogP contribution in [-0.4, -0.2) is 24.4 Å². The summed E-state index contributed by atoms with van der Waals surface area (Å²) in [6, 6.07) is 17.9. The van der Waals surface area contributed by atoms with Gasteiger partial charge in [-0.1, -0.05) is 43.3 Å². The molecule has 130 valence electrons. The number of amides is 1. The molecule has 0 radical (unpaired) electrons. The van der Waals surface area contributed by atoms with Gasteiger partial charge in [-0.15, -0.1) is 0 Å². The second-order valence-electron chi connectivity index (χ2n) is 6.37. The second kappa shape index (κ2) is 9.00. The van der Waals surface area contributed by atoms with Crippen LogP contribution in [0.5, 0.6) is 0 Å². The summed E-state index contributed by atoms with van der Waals surface area (Å²) >= 11 is 0. The molecule has 0 saturated heterocycles. The number of nitrogens with one attached hydrogen (secondary N) is 1. The summed E-state index contributed by atoms with van der Waals surface area (Å²) in [4.78, 5) is 14.2. The Balaban J connectivity index is 1.84. The molecule has 0 spiro atoms. The number of carbonyl (C=O) groups excluding carboxylic acids is 1. The van der Waals surface area contributed by atoms with Crippen LogP contribution in [0.2, 0.25) is 0 Å². The average molecular weight is 335 g/mol. The molecule has 1 N–H and O–H groups in total. The molecule has 1 atom stereocenters. The van der Waals surface area contributed by atoms with E-state index in [1.54, 1.807) is 12.1 Å². The van der Waals surface area contributed by atoms with E-state index in [1.807, 2.05) is 31.0 Å². The summed E-state index contributed by atoms with van der Waals surface area (Å²) in [5, 5.41) is 11.9. The molecule has 0 aliphatic heterocycles. The maximum Gasteiger partial charge on any atom is 0.234 e. The van der Waals surface area contributed by atoms with Crippen LogP contribution in [0.3, 0.4) is 0 Å². The van der Waals surface area contributed by atoms with Crippen molar-refractivity contribution in [2.24, 2.45) is 0 Å². The Hall–Kier alpha value is -2.64. The first kappa shape index (κ1) is 18.7. The van der Waals surface area contributed by atoms with Gasteiger partial charge in [0.25, 0.3) is 0 Å². The zero-order valence-electron chi connectivity index (χ0n) is 15.1. The molecule has 25 heavy (non-hydrogen) atoms. The predicted octanol–water partition coefficient (Wildman–Crippen LogP) is 3.43. The molecule has 2 aromatic carbocycles. The van der Waals surface area contributed by atoms with E-state index in [2.05, 4.69) is 42.6 Å². The highest BCUT2D eigenvalue weighted by molar-refractivity contribution is 5.78. The first-order valence-corrected chi connectivity index (χ1v) is 8.57. The first-order valence-electron chi connectivity index (χ1n) is 8.57. The lowest BCUT2D eigenvalue weighted by Crippen LogP contribution is -2.36. The highest BCUT2D eigenvalue weighted by atomic mass is 16.2. The Labute approximate surface area is 150 Å². The summed E-state index contributed by atoms with van der Waals surface area (Å²) in [5.74, 6) is 0.00298. The van der Waals surface area contributed by atoms with Gasteiger partial charge in [0.15, 0.2) is 0 Å². The molecule has 0 bridgehead atoms. The zero-order chi connectivity index (χ0) is 18.2. The number of hydrogen-bond donors (Lipinski definition) is 1. The van der Waals surface area contributed by atoms with E-state index < -0.39 is 0 Å². The van der Waals surface area contributed by atoms with E-state index in [9.17, 15) is 4.79 Å². The zero-order valence-corrected chi connectivity index (χ0v) is 15.1. The van der Waals surface area contributed by atoms with Gasteiger partial charge in [-0.2, -0.15) is 5.26 Å². The largest absolute Gasteiger partial charge is 0.348 e. The number of nitriles is 1. The van der Waals surface area contributed by atoms with Crippen LogP contribution in [0.15, 0.2) is 48.5 Å². The Morgan fingerprint density at radius 2 is 1.72 bits per heavy atom. The molecule has 0 saturated carbocycles. The van der Waals surface area contributed by atoms with E-state index in [-0.39, 0.29) is 11.9 Å². The Morgan fingerprint density at radius 3 is 2.28 bits per heavy atom. The second-order valence-corrected chi connectivity index (χ2v) is 6.37. The van der Waals surface area contributed by atoms with Gasteiger partial charge >= 0.3 is 0 Å². The van der Waals surface area contributed by atoms with Crippen molar-refractivity contribution < 1.29 is 4.79 Å². The van der Waals surface area contributed by atoms with Gasteiger partial charge in [0.1, 0.15) is 0 Å². The summed E-state index contributed by atoms with van der Waals surface area (Å²) in [6.45, 7) is 5.12. The van der Waals surface area contributed by atoms with Crippen molar-refractivity contribution in [3.63, 3.8) is 0 Å². The number of likely N-dealkylation sites (N-methyl/N-ethyl adjacent to an activating group) is 1. The summed E-state index contributed by atoms with van der Waals surface area (Å²) in [6.07, 6.45) is 1.02. The Morgan fingerprint density at radius 1 is 1.12 bits per heavy atom. The maximum absolute atomic E-state index is 12.3. The van der Waals surface area contributed by atoms with E-state index >= 15 is 0 Å². The fourth-order valence-corrected chi connectivity index (χ4v) is 2.71. The molecule has 2 aromatic rings. The molecule has 0 heterocycles. The minimum atomic E-state index is -0.0123. The molecule has 0 fully saturated rings. The van der Waals surface area contributed by atoms with Gasteiger partial charge in [0, 0.05) is 6.54 Å². The van der Waals surface area contributed by atoms with Gasteiger partial charge in [-0.05, 0) is 49.2 Å². The number of hydrogen-bond acceptors (Lipinski definition) is 3. The van der Waals surface area contributed by atoms with Crippen LogP contribution < -0.4 is 5.32 Å². The number of carbonyl (C=O) groups is 1. The van der Waals surface area contributed by atoms with Crippen molar-refractivity contribution in [2.75, 3.05) is 13.6 Å². The van der Waals surface area contributed by atoms with Crippen molar-refractivity contribution in [1.29, 1.82) is 5.26 Å². The molecule has 1 amide bonds. The van der Waals surface area contributed by atoms with Crippen LogP contribution in [0.4, 0.5) is 0 Å². The van der Waals surface area contributed by atoms with E-state index in [0.717, 1.165) is 17.5 Å². The van der Waals surface area contributed by atoms with Crippen LogP contribution in [0.25, 0.3) is 0 Å². The molecule has 0 aliphatic rings. The summed E-state index contributed by atoms with van der Waals surface area (Å²) in [7, 11) is 1.92. The quantitative estimate of drug-likeness (QED) is 0.843. The average Bonchev–Trinajstić information content (AvgIpc) is 2.62. The van der Waals surface area contributed by atoms with Gasteiger partial charge in [-0.3, -0.25) is 9.69 Å². The molecule has 4 heteroatoms. The van der Waals surface area contributed by atoms with E-state index in [4.69, 9.17) is 5.26 Å². The van der Waals surface area contributed by atoms with E-state index in [1.165, 1.54) is 5.56 Å². The third-order valence-electron chi connectivity index (χ3n) is 4.21. The monoisotopic (exact) mass is 335 g/mol. The SMILES string of the molecule is CCc1ccc(C(C)NC(=O)CN(C)Cc2ccc(C#N)cc2)cc1. The smallest absolute Gasteiger partial charge is 0.234 e. The normalized spacial score (nSPS) is 11.8. The van der Waals surface area contributed by atoms with Gasteiger partial charge < -0.3 is 5.32 Å². The minimum absolute atomic E-state index is 0.00298. The number of benzene rings is 2. The van der Waals surface area contributed by atoms with Crippen molar-refractivity contribution in [3.8, 4) is 6.07 Å². The van der Waals surface area contributed by atoms with Crippen molar-refractivity contribution in [3.05, 3.63) is 70.8 Å². The molecule has 1 unspecified atom stereocenters.